The van der Waals surface area contributed by atoms with Gasteiger partial charge in [0.25, 0.3) is 5.95 Å². The topological polar surface area (TPSA) is 56.1 Å². The molecular formula is C28H30F9N5O. The number of hydrogen-bond acceptors (Lipinski definition) is 5. The average molecular weight is 624 g/mol. The molecule has 1 aromatic heterocycles. The lowest BCUT2D eigenvalue weighted by Gasteiger charge is -2.35. The predicted octanol–water partition coefficient (Wildman–Crippen LogP) is 7.92. The van der Waals surface area contributed by atoms with Crippen LogP contribution < -0.4 is 4.90 Å². The SMILES string of the molecule is COC(C)(CC1CCCC1)c1ccc(C(F)(F)F)cc1CN(Cc1cc(C(F)(F)F)cc(C(F)(F)F)c1)c1nnn(C)n1. The fraction of sp³-hybridized carbons (Fsp3) is 0.536. The number of anilines is 1. The quantitative estimate of drug-likeness (QED) is 0.227. The molecule has 0 amide bonds. The summed E-state index contributed by atoms with van der Waals surface area (Å²) in [5.41, 5.74) is -4.94. The van der Waals surface area contributed by atoms with Crippen molar-refractivity contribution in [1.29, 1.82) is 0 Å². The van der Waals surface area contributed by atoms with Crippen LogP contribution in [0.25, 0.3) is 0 Å². The number of halogens is 9. The van der Waals surface area contributed by atoms with E-state index in [4.69, 9.17) is 4.74 Å². The first-order chi connectivity index (χ1) is 19.9. The zero-order valence-electron chi connectivity index (χ0n) is 23.5. The van der Waals surface area contributed by atoms with Crippen LogP contribution in [0.1, 0.15) is 72.4 Å². The van der Waals surface area contributed by atoms with Gasteiger partial charge in [0.2, 0.25) is 0 Å². The van der Waals surface area contributed by atoms with Crippen molar-refractivity contribution in [3.8, 4) is 0 Å². The summed E-state index contributed by atoms with van der Waals surface area (Å²) in [6.45, 7) is 0.762. The molecule has 1 atom stereocenters. The number of tetrazole rings is 1. The van der Waals surface area contributed by atoms with Crippen molar-refractivity contribution in [3.05, 3.63) is 69.8 Å². The first-order valence-corrected chi connectivity index (χ1v) is 13.4. The molecular weight excluding hydrogens is 593 g/mol. The third kappa shape index (κ3) is 7.78. The summed E-state index contributed by atoms with van der Waals surface area (Å²) < 4.78 is 129. The second kappa shape index (κ2) is 12.0. The summed E-state index contributed by atoms with van der Waals surface area (Å²) in [6, 6.07) is 4.28. The van der Waals surface area contributed by atoms with Gasteiger partial charge in [-0.1, -0.05) is 36.8 Å². The zero-order valence-corrected chi connectivity index (χ0v) is 23.5. The number of nitrogens with zero attached hydrogens (tertiary/aromatic N) is 5. The monoisotopic (exact) mass is 623 g/mol. The van der Waals surface area contributed by atoms with E-state index in [2.05, 4.69) is 15.4 Å². The summed E-state index contributed by atoms with van der Waals surface area (Å²) in [4.78, 5) is 2.20. The molecule has 0 spiro atoms. The van der Waals surface area contributed by atoms with Gasteiger partial charge >= 0.3 is 18.5 Å². The number of rotatable bonds is 9. The van der Waals surface area contributed by atoms with Crippen molar-refractivity contribution in [2.45, 2.75) is 76.2 Å². The first-order valence-electron chi connectivity index (χ1n) is 13.4. The van der Waals surface area contributed by atoms with Crippen molar-refractivity contribution >= 4 is 5.95 Å². The molecule has 1 saturated carbocycles. The van der Waals surface area contributed by atoms with E-state index in [1.165, 1.54) is 25.1 Å². The predicted molar refractivity (Wildman–Crippen MR) is 138 cm³/mol. The highest BCUT2D eigenvalue weighted by Gasteiger charge is 2.39. The van der Waals surface area contributed by atoms with E-state index < -0.39 is 59.5 Å². The van der Waals surface area contributed by atoms with Crippen LogP contribution >= 0.6 is 0 Å². The molecule has 1 heterocycles. The number of ether oxygens (including phenoxy) is 1. The highest BCUT2D eigenvalue weighted by atomic mass is 19.4. The summed E-state index contributed by atoms with van der Waals surface area (Å²) in [6.07, 6.45) is -10.5. The maximum Gasteiger partial charge on any atom is 0.416 e. The van der Waals surface area contributed by atoms with Crippen LogP contribution in [-0.2, 0) is 49.0 Å². The minimum Gasteiger partial charge on any atom is -0.374 e. The summed E-state index contributed by atoms with van der Waals surface area (Å²) in [7, 11) is 2.83. The van der Waals surface area contributed by atoms with Crippen molar-refractivity contribution in [3.63, 3.8) is 0 Å². The lowest BCUT2D eigenvalue weighted by Crippen LogP contribution is -2.31. The van der Waals surface area contributed by atoms with Crippen LogP contribution in [0.3, 0.4) is 0 Å². The van der Waals surface area contributed by atoms with E-state index in [-0.39, 0.29) is 23.5 Å². The van der Waals surface area contributed by atoms with Crippen LogP contribution in [0.4, 0.5) is 45.5 Å². The van der Waals surface area contributed by atoms with Crippen LogP contribution in [-0.4, -0.2) is 27.3 Å². The van der Waals surface area contributed by atoms with Gasteiger partial charge < -0.3 is 9.64 Å². The second-order valence-corrected chi connectivity index (χ2v) is 11.0. The third-order valence-electron chi connectivity index (χ3n) is 7.77. The van der Waals surface area contributed by atoms with Gasteiger partial charge in [0.1, 0.15) is 0 Å². The fourth-order valence-corrected chi connectivity index (χ4v) is 5.62. The fourth-order valence-electron chi connectivity index (χ4n) is 5.62. The molecule has 3 aromatic rings. The van der Waals surface area contributed by atoms with E-state index in [1.807, 2.05) is 0 Å². The first kappa shape index (κ1) is 32.6. The number of alkyl halides is 9. The molecule has 4 rings (SSSR count). The number of benzene rings is 2. The highest BCUT2D eigenvalue weighted by molar-refractivity contribution is 5.43. The molecule has 1 aliphatic carbocycles. The Morgan fingerprint density at radius 3 is 1.91 bits per heavy atom. The van der Waals surface area contributed by atoms with Gasteiger partial charge in [0, 0.05) is 20.2 Å². The molecule has 6 nitrogen and oxygen atoms in total. The number of methoxy groups -OCH3 is 1. The number of aromatic nitrogens is 4. The highest BCUT2D eigenvalue weighted by Crippen LogP contribution is 2.42. The zero-order chi connectivity index (χ0) is 31.8. The normalized spacial score (nSPS) is 16.5. The summed E-state index contributed by atoms with van der Waals surface area (Å²) in [5, 5.41) is 11.6. The van der Waals surface area contributed by atoms with Crippen molar-refractivity contribution in [1.82, 2.24) is 20.2 Å². The van der Waals surface area contributed by atoms with Gasteiger partial charge in [-0.15, -0.1) is 5.10 Å². The van der Waals surface area contributed by atoms with Crippen LogP contribution in [0.15, 0.2) is 36.4 Å². The van der Waals surface area contributed by atoms with Crippen molar-refractivity contribution in [2.24, 2.45) is 13.0 Å². The average Bonchev–Trinajstić information content (AvgIpc) is 3.58. The molecule has 15 heteroatoms. The molecule has 1 aliphatic rings. The number of aryl methyl sites for hydroxylation is 1. The molecule has 0 saturated heterocycles. The smallest absolute Gasteiger partial charge is 0.374 e. The number of hydrogen-bond donors (Lipinski definition) is 0. The minimum absolute atomic E-state index is 0.00632. The van der Waals surface area contributed by atoms with Crippen molar-refractivity contribution in [2.75, 3.05) is 12.0 Å². The Balaban J connectivity index is 1.82. The Morgan fingerprint density at radius 2 is 1.42 bits per heavy atom. The van der Waals surface area contributed by atoms with Gasteiger partial charge in [0.05, 0.1) is 29.3 Å². The Labute approximate surface area is 241 Å². The molecule has 0 bridgehead atoms. The molecule has 43 heavy (non-hydrogen) atoms. The van der Waals surface area contributed by atoms with Gasteiger partial charge in [0.15, 0.2) is 0 Å². The molecule has 0 radical (unpaired) electrons. The van der Waals surface area contributed by atoms with E-state index in [0.29, 0.717) is 24.1 Å². The molecule has 1 fully saturated rings. The standard InChI is InChI=1S/C28H30F9N5O/c1-25(43-3,14-17-6-4-5-7-17)23-9-8-20(26(29,30)31)12-19(23)16-42(24-38-40-41(2)39-24)15-18-10-21(27(32,33)34)13-22(11-18)28(35,36)37/h8-13,17H,4-7,14-16H2,1-3H3. The summed E-state index contributed by atoms with van der Waals surface area (Å²) in [5.74, 6) is 0.0653. The Hall–Kier alpha value is -3.36. The molecule has 0 aliphatic heterocycles. The second-order valence-electron chi connectivity index (χ2n) is 11.0. The van der Waals surface area contributed by atoms with E-state index in [9.17, 15) is 39.5 Å². The Morgan fingerprint density at radius 1 is 0.837 bits per heavy atom. The Bertz CT molecular complexity index is 1380. The van der Waals surface area contributed by atoms with Crippen LogP contribution in [0, 0.1) is 5.92 Å². The van der Waals surface area contributed by atoms with Crippen LogP contribution in [0.5, 0.6) is 0 Å². The van der Waals surface area contributed by atoms with Gasteiger partial charge in [-0.3, -0.25) is 0 Å². The third-order valence-corrected chi connectivity index (χ3v) is 7.77. The van der Waals surface area contributed by atoms with Gasteiger partial charge in [-0.05, 0) is 71.5 Å². The summed E-state index contributed by atoms with van der Waals surface area (Å²) >= 11 is 0. The lowest BCUT2D eigenvalue weighted by atomic mass is 9.82. The largest absolute Gasteiger partial charge is 0.416 e. The van der Waals surface area contributed by atoms with E-state index in [1.54, 1.807) is 6.92 Å². The van der Waals surface area contributed by atoms with Crippen LogP contribution in [0.2, 0.25) is 0 Å². The maximum atomic E-state index is 13.8. The molecule has 0 N–H and O–H groups in total. The van der Waals surface area contributed by atoms with Gasteiger partial charge in [-0.25, -0.2) is 0 Å². The van der Waals surface area contributed by atoms with Crippen molar-refractivity contribution < 1.29 is 44.3 Å². The van der Waals surface area contributed by atoms with Gasteiger partial charge in [-0.2, -0.15) is 44.3 Å². The molecule has 1 unspecified atom stereocenters. The van der Waals surface area contributed by atoms with E-state index in [0.717, 1.165) is 42.6 Å². The maximum absolute atomic E-state index is 13.8. The van der Waals surface area contributed by atoms with E-state index >= 15 is 0 Å². The molecule has 236 valence electrons. The molecule has 2 aromatic carbocycles. The lowest BCUT2D eigenvalue weighted by molar-refractivity contribution is -0.143. The minimum atomic E-state index is -5.08. The Kier molecular flexibility index (Phi) is 9.06.